The normalized spacial score (nSPS) is 13.1. The van der Waals surface area contributed by atoms with Gasteiger partial charge < -0.3 is 5.32 Å². The highest BCUT2D eigenvalue weighted by Gasteiger charge is 2.18. The van der Waals surface area contributed by atoms with E-state index in [-0.39, 0.29) is 0 Å². The highest BCUT2D eigenvalue weighted by atomic mass is 14.9. The van der Waals surface area contributed by atoms with Gasteiger partial charge in [0.1, 0.15) is 0 Å². The van der Waals surface area contributed by atoms with Crippen LogP contribution in [0.2, 0.25) is 0 Å². The Morgan fingerprint density at radius 3 is 1.69 bits per heavy atom. The average molecular weight is 227 g/mol. The third-order valence-corrected chi connectivity index (χ3v) is 3.34. The zero-order valence-electron chi connectivity index (χ0n) is 12.6. The Kier molecular flexibility index (Phi) is 7.30. The maximum absolute atomic E-state index is 3.77. The van der Waals surface area contributed by atoms with Crippen molar-refractivity contribution in [1.29, 1.82) is 0 Å². The molecule has 1 nitrogen and oxygen atoms in total. The highest BCUT2D eigenvalue weighted by Crippen LogP contribution is 2.20. The summed E-state index contributed by atoms with van der Waals surface area (Å²) in [4.78, 5) is 0. The van der Waals surface area contributed by atoms with Gasteiger partial charge in [0.25, 0.3) is 0 Å². The topological polar surface area (TPSA) is 12.0 Å². The van der Waals surface area contributed by atoms with E-state index in [1.54, 1.807) is 0 Å². The summed E-state index contributed by atoms with van der Waals surface area (Å²) < 4.78 is 0. The van der Waals surface area contributed by atoms with E-state index in [1.807, 2.05) is 0 Å². The van der Waals surface area contributed by atoms with Gasteiger partial charge in [-0.3, -0.25) is 0 Å². The molecular weight excluding hydrogens is 194 g/mol. The van der Waals surface area contributed by atoms with Gasteiger partial charge >= 0.3 is 0 Å². The van der Waals surface area contributed by atoms with Crippen LogP contribution in [0.4, 0.5) is 0 Å². The molecule has 0 amide bonds. The molecule has 0 unspecified atom stereocenters. The number of nitrogens with one attached hydrogen (secondary N) is 1. The van der Waals surface area contributed by atoms with Gasteiger partial charge in [0.15, 0.2) is 0 Å². The maximum Gasteiger partial charge on any atom is 0.00721 e. The molecule has 1 N–H and O–H groups in total. The van der Waals surface area contributed by atoms with Crippen LogP contribution in [-0.4, -0.2) is 12.6 Å². The molecule has 0 radical (unpaired) electrons. The summed E-state index contributed by atoms with van der Waals surface area (Å²) in [6, 6.07) is 0.700. The quantitative estimate of drug-likeness (QED) is 0.645. The van der Waals surface area contributed by atoms with Crippen LogP contribution >= 0.6 is 0 Å². The third-order valence-electron chi connectivity index (χ3n) is 3.34. The van der Waals surface area contributed by atoms with Crippen LogP contribution in [0, 0.1) is 17.3 Å². The first kappa shape index (κ1) is 16.0. The first-order chi connectivity index (χ1) is 7.26. The molecule has 0 aromatic rings. The SMILES string of the molecule is CCC(C)(C)CNC(CC(C)C)CC(C)C. The minimum atomic E-state index is 0.437. The highest BCUT2D eigenvalue weighted by molar-refractivity contribution is 4.76. The minimum absolute atomic E-state index is 0.437. The lowest BCUT2D eigenvalue weighted by Crippen LogP contribution is -2.38. The van der Waals surface area contributed by atoms with Crippen LogP contribution in [0.25, 0.3) is 0 Å². The second-order valence-electron chi connectivity index (χ2n) is 6.85. The second kappa shape index (κ2) is 7.32. The van der Waals surface area contributed by atoms with Crippen molar-refractivity contribution in [3.05, 3.63) is 0 Å². The lowest BCUT2D eigenvalue weighted by Gasteiger charge is -2.29. The van der Waals surface area contributed by atoms with Crippen molar-refractivity contribution >= 4 is 0 Å². The van der Waals surface area contributed by atoms with Crippen molar-refractivity contribution in [3.63, 3.8) is 0 Å². The molecule has 0 saturated heterocycles. The van der Waals surface area contributed by atoms with E-state index >= 15 is 0 Å². The van der Waals surface area contributed by atoms with E-state index in [0.717, 1.165) is 18.4 Å². The molecule has 0 atom stereocenters. The molecule has 0 aromatic heterocycles. The van der Waals surface area contributed by atoms with Crippen molar-refractivity contribution in [2.24, 2.45) is 17.3 Å². The molecule has 0 aromatic carbocycles. The summed E-state index contributed by atoms with van der Waals surface area (Å²) in [6.07, 6.45) is 3.85. The lowest BCUT2D eigenvalue weighted by atomic mass is 9.88. The van der Waals surface area contributed by atoms with Gasteiger partial charge in [-0.25, -0.2) is 0 Å². The van der Waals surface area contributed by atoms with Gasteiger partial charge in [-0.15, -0.1) is 0 Å². The Morgan fingerprint density at radius 1 is 0.938 bits per heavy atom. The first-order valence-electron chi connectivity index (χ1n) is 7.00. The third kappa shape index (κ3) is 8.15. The number of hydrogen-bond donors (Lipinski definition) is 1. The fourth-order valence-electron chi connectivity index (χ4n) is 1.95. The van der Waals surface area contributed by atoms with E-state index in [4.69, 9.17) is 0 Å². The molecule has 1 heteroatoms. The fourth-order valence-corrected chi connectivity index (χ4v) is 1.95. The van der Waals surface area contributed by atoms with Crippen molar-refractivity contribution in [1.82, 2.24) is 5.32 Å². The van der Waals surface area contributed by atoms with Crippen LogP contribution in [0.5, 0.6) is 0 Å². The van der Waals surface area contributed by atoms with E-state index in [0.29, 0.717) is 11.5 Å². The van der Waals surface area contributed by atoms with Crippen molar-refractivity contribution < 1.29 is 0 Å². The molecule has 0 aliphatic carbocycles. The Labute approximate surface area is 103 Å². The molecule has 0 spiro atoms. The Balaban J connectivity index is 4.10. The Bertz CT molecular complexity index is 160. The molecular formula is C15H33N. The summed E-state index contributed by atoms with van der Waals surface area (Å²) in [5.41, 5.74) is 0.437. The molecule has 0 saturated carbocycles. The maximum atomic E-state index is 3.77. The zero-order chi connectivity index (χ0) is 12.8. The summed E-state index contributed by atoms with van der Waals surface area (Å²) in [6.45, 7) is 17.4. The van der Waals surface area contributed by atoms with Gasteiger partial charge in [0.2, 0.25) is 0 Å². The summed E-state index contributed by atoms with van der Waals surface area (Å²) in [5.74, 6) is 1.59. The molecule has 0 aliphatic heterocycles. The van der Waals surface area contributed by atoms with Gasteiger partial charge in [0, 0.05) is 12.6 Å². The van der Waals surface area contributed by atoms with Crippen LogP contribution in [0.15, 0.2) is 0 Å². The van der Waals surface area contributed by atoms with Gasteiger partial charge in [-0.2, -0.15) is 0 Å². The molecule has 0 aliphatic rings. The second-order valence-corrected chi connectivity index (χ2v) is 6.85. The fraction of sp³-hybridized carbons (Fsp3) is 1.00. The van der Waals surface area contributed by atoms with Gasteiger partial charge in [-0.05, 0) is 36.5 Å². The number of rotatable bonds is 8. The Hall–Kier alpha value is -0.0400. The van der Waals surface area contributed by atoms with Crippen molar-refractivity contribution in [3.8, 4) is 0 Å². The zero-order valence-corrected chi connectivity index (χ0v) is 12.6. The average Bonchev–Trinajstić information content (AvgIpc) is 2.13. The molecule has 98 valence electrons. The summed E-state index contributed by atoms with van der Waals surface area (Å²) in [5, 5.41) is 3.77. The predicted molar refractivity (Wildman–Crippen MR) is 74.8 cm³/mol. The van der Waals surface area contributed by atoms with E-state index < -0.39 is 0 Å². The molecule has 0 rings (SSSR count). The van der Waals surface area contributed by atoms with Crippen molar-refractivity contribution in [2.45, 2.75) is 73.8 Å². The van der Waals surface area contributed by atoms with Crippen LogP contribution in [0.1, 0.15) is 67.7 Å². The Morgan fingerprint density at radius 2 is 1.38 bits per heavy atom. The summed E-state index contributed by atoms with van der Waals surface area (Å²) >= 11 is 0. The lowest BCUT2D eigenvalue weighted by molar-refractivity contribution is 0.276. The van der Waals surface area contributed by atoms with Gasteiger partial charge in [0.05, 0.1) is 0 Å². The van der Waals surface area contributed by atoms with Crippen LogP contribution in [-0.2, 0) is 0 Å². The summed E-state index contributed by atoms with van der Waals surface area (Å²) in [7, 11) is 0. The standard InChI is InChI=1S/C15H33N/c1-8-15(6,7)11-16-14(9-12(2)3)10-13(4)5/h12-14,16H,8-11H2,1-7H3. The number of hydrogen-bond acceptors (Lipinski definition) is 1. The predicted octanol–water partition coefficient (Wildman–Crippen LogP) is 4.47. The smallest absolute Gasteiger partial charge is 0.00721 e. The van der Waals surface area contributed by atoms with E-state index in [1.165, 1.54) is 19.3 Å². The monoisotopic (exact) mass is 227 g/mol. The molecule has 0 bridgehead atoms. The van der Waals surface area contributed by atoms with E-state index in [2.05, 4.69) is 53.8 Å². The van der Waals surface area contributed by atoms with Crippen LogP contribution in [0.3, 0.4) is 0 Å². The largest absolute Gasteiger partial charge is 0.313 e. The molecule has 16 heavy (non-hydrogen) atoms. The van der Waals surface area contributed by atoms with Crippen LogP contribution < -0.4 is 5.32 Å². The van der Waals surface area contributed by atoms with Gasteiger partial charge in [-0.1, -0.05) is 48.5 Å². The molecule has 0 heterocycles. The first-order valence-corrected chi connectivity index (χ1v) is 7.00. The van der Waals surface area contributed by atoms with Crippen molar-refractivity contribution in [2.75, 3.05) is 6.54 Å². The minimum Gasteiger partial charge on any atom is -0.313 e. The van der Waals surface area contributed by atoms with E-state index in [9.17, 15) is 0 Å². The molecule has 0 fully saturated rings.